The monoisotopic (exact) mass is 285 g/mol. The average molecular weight is 286 g/mol. The fraction of sp³-hybridized carbons (Fsp3) is 0.583. The number of pyridine rings is 1. The maximum absolute atomic E-state index is 5.62. The number of nitrogens with two attached hydrogens (primary N) is 1. The van der Waals surface area contributed by atoms with Gasteiger partial charge in [-0.05, 0) is 34.0 Å². The molecule has 1 unspecified atom stereocenters. The van der Waals surface area contributed by atoms with E-state index in [0.29, 0.717) is 12.0 Å². The van der Waals surface area contributed by atoms with Gasteiger partial charge in [-0.2, -0.15) is 0 Å². The summed E-state index contributed by atoms with van der Waals surface area (Å²) in [6.45, 7) is 4.40. The quantitative estimate of drug-likeness (QED) is 0.624. The predicted octanol–water partition coefficient (Wildman–Crippen LogP) is 2.65. The Hall–Kier alpha value is -0.450. The Morgan fingerprint density at radius 3 is 2.50 bits per heavy atom. The largest absolute Gasteiger partial charge is 0.271 e. The predicted molar refractivity (Wildman–Crippen MR) is 70.8 cm³/mol. The lowest BCUT2D eigenvalue weighted by molar-refractivity contribution is 0.333. The van der Waals surface area contributed by atoms with Crippen LogP contribution in [0.25, 0.3) is 0 Å². The van der Waals surface area contributed by atoms with E-state index in [0.717, 1.165) is 29.4 Å². The van der Waals surface area contributed by atoms with E-state index in [4.69, 9.17) is 5.84 Å². The lowest BCUT2D eigenvalue weighted by Gasteiger charge is -2.24. The molecule has 3 nitrogen and oxygen atoms in total. The van der Waals surface area contributed by atoms with Gasteiger partial charge in [-0.3, -0.25) is 16.3 Å². The van der Waals surface area contributed by atoms with Gasteiger partial charge in [0.1, 0.15) is 0 Å². The molecule has 0 amide bonds. The molecule has 0 bridgehead atoms. The van der Waals surface area contributed by atoms with Crippen molar-refractivity contribution in [1.29, 1.82) is 0 Å². The summed E-state index contributed by atoms with van der Waals surface area (Å²) in [6.07, 6.45) is 5.00. The van der Waals surface area contributed by atoms with Crippen molar-refractivity contribution < 1.29 is 0 Å². The minimum atomic E-state index is 0.309. The number of aromatic nitrogens is 1. The first kappa shape index (κ1) is 13.6. The van der Waals surface area contributed by atoms with E-state index in [-0.39, 0.29) is 0 Å². The van der Waals surface area contributed by atoms with Crippen molar-refractivity contribution in [2.24, 2.45) is 11.8 Å². The molecular weight excluding hydrogens is 266 g/mol. The molecule has 1 rings (SSSR count). The summed E-state index contributed by atoms with van der Waals surface area (Å²) in [5.74, 6) is 6.22. The molecule has 1 atom stereocenters. The third-order valence-electron chi connectivity index (χ3n) is 3.05. The van der Waals surface area contributed by atoms with Crippen LogP contribution in [0.4, 0.5) is 0 Å². The van der Waals surface area contributed by atoms with E-state index in [1.165, 1.54) is 0 Å². The van der Waals surface area contributed by atoms with E-state index in [2.05, 4.69) is 40.2 Å². The van der Waals surface area contributed by atoms with Crippen LogP contribution >= 0.6 is 15.9 Å². The minimum Gasteiger partial charge on any atom is -0.271 e. The highest BCUT2D eigenvalue weighted by atomic mass is 79.9. The Morgan fingerprint density at radius 1 is 1.38 bits per heavy atom. The van der Waals surface area contributed by atoms with Gasteiger partial charge in [-0.25, -0.2) is 0 Å². The second kappa shape index (κ2) is 6.99. The van der Waals surface area contributed by atoms with Crippen molar-refractivity contribution in [3.05, 3.63) is 28.5 Å². The van der Waals surface area contributed by atoms with Crippen molar-refractivity contribution in [3.63, 3.8) is 0 Å². The molecule has 1 aromatic heterocycles. The number of nitrogens with one attached hydrogen (secondary N) is 1. The second-order valence-corrected chi connectivity index (χ2v) is 4.94. The van der Waals surface area contributed by atoms with E-state index >= 15 is 0 Å². The summed E-state index contributed by atoms with van der Waals surface area (Å²) in [7, 11) is 0. The molecule has 3 N–H and O–H groups in total. The number of hydrogen-bond acceptors (Lipinski definition) is 3. The lowest BCUT2D eigenvalue weighted by atomic mass is 9.91. The smallest absolute Gasteiger partial charge is 0.0420 e. The van der Waals surface area contributed by atoms with Gasteiger partial charge >= 0.3 is 0 Å². The number of rotatable bonds is 6. The van der Waals surface area contributed by atoms with Crippen molar-refractivity contribution in [2.75, 3.05) is 0 Å². The zero-order chi connectivity index (χ0) is 12.0. The molecule has 16 heavy (non-hydrogen) atoms. The van der Waals surface area contributed by atoms with Gasteiger partial charge in [0.2, 0.25) is 0 Å². The highest BCUT2D eigenvalue weighted by Crippen LogP contribution is 2.17. The number of hydrazine groups is 1. The maximum atomic E-state index is 5.62. The normalized spacial score (nSPS) is 13.1. The molecule has 0 saturated carbocycles. The Morgan fingerprint density at radius 2 is 2.06 bits per heavy atom. The highest BCUT2D eigenvalue weighted by Gasteiger charge is 2.17. The summed E-state index contributed by atoms with van der Waals surface area (Å²) < 4.78 is 1.01. The van der Waals surface area contributed by atoms with Crippen LogP contribution in [-0.4, -0.2) is 11.0 Å². The van der Waals surface area contributed by atoms with Gasteiger partial charge < -0.3 is 0 Å². The molecule has 0 radical (unpaired) electrons. The number of hydrogen-bond donors (Lipinski definition) is 2. The molecule has 0 aliphatic carbocycles. The van der Waals surface area contributed by atoms with Crippen molar-refractivity contribution >= 4 is 15.9 Å². The molecule has 0 spiro atoms. The topological polar surface area (TPSA) is 50.9 Å². The van der Waals surface area contributed by atoms with Gasteiger partial charge in [0.25, 0.3) is 0 Å². The van der Waals surface area contributed by atoms with E-state index in [9.17, 15) is 0 Å². The molecule has 0 aromatic carbocycles. The molecule has 0 aliphatic rings. The number of nitrogens with zero attached hydrogens (tertiary/aromatic N) is 1. The van der Waals surface area contributed by atoms with Crippen LogP contribution in [-0.2, 0) is 6.42 Å². The molecule has 1 aromatic rings. The zero-order valence-corrected chi connectivity index (χ0v) is 11.5. The maximum Gasteiger partial charge on any atom is 0.0420 e. The second-order valence-electron chi connectivity index (χ2n) is 4.02. The minimum absolute atomic E-state index is 0.309. The summed E-state index contributed by atoms with van der Waals surface area (Å²) in [5, 5.41) is 0. The first-order chi connectivity index (χ1) is 7.71. The van der Waals surface area contributed by atoms with Gasteiger partial charge in [-0.1, -0.05) is 26.7 Å². The van der Waals surface area contributed by atoms with Crippen LogP contribution in [0.3, 0.4) is 0 Å². The highest BCUT2D eigenvalue weighted by molar-refractivity contribution is 9.10. The fourth-order valence-corrected chi connectivity index (χ4v) is 2.21. The first-order valence-corrected chi connectivity index (χ1v) is 6.57. The molecule has 0 saturated heterocycles. The third-order valence-corrected chi connectivity index (χ3v) is 3.52. The molecule has 0 fully saturated rings. The summed E-state index contributed by atoms with van der Waals surface area (Å²) in [4.78, 5) is 4.37. The molecule has 90 valence electrons. The standard InChI is InChI=1S/C12H20BrN3/c1-3-9(4-2)12(16-14)7-11-6-5-10(13)8-15-11/h5-6,8-9,12,16H,3-4,7,14H2,1-2H3. The van der Waals surface area contributed by atoms with Gasteiger partial charge in [0, 0.05) is 28.8 Å². The average Bonchev–Trinajstić information content (AvgIpc) is 2.32. The summed E-state index contributed by atoms with van der Waals surface area (Å²) in [5.41, 5.74) is 4.00. The third kappa shape index (κ3) is 3.85. The van der Waals surface area contributed by atoms with E-state index in [1.54, 1.807) is 0 Å². The van der Waals surface area contributed by atoms with Crippen LogP contribution in [0.5, 0.6) is 0 Å². The van der Waals surface area contributed by atoms with Crippen molar-refractivity contribution in [3.8, 4) is 0 Å². The summed E-state index contributed by atoms with van der Waals surface area (Å²) >= 11 is 3.38. The van der Waals surface area contributed by atoms with Gasteiger partial charge in [0.15, 0.2) is 0 Å². The van der Waals surface area contributed by atoms with Crippen LogP contribution in [0.1, 0.15) is 32.4 Å². The van der Waals surface area contributed by atoms with Gasteiger partial charge in [-0.15, -0.1) is 0 Å². The number of halogens is 1. The van der Waals surface area contributed by atoms with E-state index in [1.807, 2.05) is 18.3 Å². The molecule has 1 heterocycles. The van der Waals surface area contributed by atoms with Crippen LogP contribution in [0, 0.1) is 5.92 Å². The van der Waals surface area contributed by atoms with Crippen LogP contribution < -0.4 is 11.3 Å². The zero-order valence-electron chi connectivity index (χ0n) is 9.91. The fourth-order valence-electron chi connectivity index (χ4n) is 1.97. The van der Waals surface area contributed by atoms with Gasteiger partial charge in [0.05, 0.1) is 0 Å². The Labute approximate surface area is 106 Å². The Bertz CT molecular complexity index is 296. The van der Waals surface area contributed by atoms with Crippen LogP contribution in [0.2, 0.25) is 0 Å². The molecule has 0 aliphatic heterocycles. The Kier molecular flexibility index (Phi) is 5.95. The van der Waals surface area contributed by atoms with Crippen molar-refractivity contribution in [1.82, 2.24) is 10.4 Å². The lowest BCUT2D eigenvalue weighted by Crippen LogP contribution is -2.42. The Balaban J connectivity index is 2.65. The van der Waals surface area contributed by atoms with Crippen molar-refractivity contribution in [2.45, 2.75) is 39.2 Å². The van der Waals surface area contributed by atoms with Crippen LogP contribution in [0.15, 0.2) is 22.8 Å². The first-order valence-electron chi connectivity index (χ1n) is 5.77. The summed E-state index contributed by atoms with van der Waals surface area (Å²) in [6, 6.07) is 4.36. The SMILES string of the molecule is CCC(CC)C(Cc1ccc(Br)cn1)NN. The van der Waals surface area contributed by atoms with E-state index < -0.39 is 0 Å². The molecular formula is C12H20BrN3. The molecule has 4 heteroatoms.